The first-order chi connectivity index (χ1) is 16.5. The molecule has 2 aromatic rings. The van der Waals surface area contributed by atoms with Crippen LogP contribution in [0.25, 0.3) is 0 Å². The highest BCUT2D eigenvalue weighted by Crippen LogP contribution is 2.49. The van der Waals surface area contributed by atoms with Crippen LogP contribution in [0.2, 0.25) is 0 Å². The van der Waals surface area contributed by atoms with E-state index in [1.54, 1.807) is 52.5 Å². The molecule has 0 bridgehead atoms. The molecule has 1 atom stereocenters. The number of ether oxygens (including phenoxy) is 4. The van der Waals surface area contributed by atoms with E-state index < -0.39 is 10.8 Å². The summed E-state index contributed by atoms with van der Waals surface area (Å²) >= 11 is 0. The molecule has 35 heavy (non-hydrogen) atoms. The third kappa shape index (κ3) is 5.17. The molecule has 0 fully saturated rings. The van der Waals surface area contributed by atoms with Gasteiger partial charge in [0.2, 0.25) is 5.91 Å². The molecule has 1 unspecified atom stereocenters. The first-order valence-corrected chi connectivity index (χ1v) is 11.6. The minimum atomic E-state index is -1.10. The van der Waals surface area contributed by atoms with Gasteiger partial charge in [-0.25, -0.2) is 0 Å². The van der Waals surface area contributed by atoms with Gasteiger partial charge < -0.3 is 23.8 Å². The van der Waals surface area contributed by atoms with Crippen LogP contribution in [-0.2, 0) is 16.6 Å². The lowest BCUT2D eigenvalue weighted by Gasteiger charge is -2.45. The van der Waals surface area contributed by atoms with Gasteiger partial charge in [0, 0.05) is 13.6 Å². The van der Waals surface area contributed by atoms with E-state index in [4.69, 9.17) is 18.9 Å². The van der Waals surface area contributed by atoms with E-state index in [1.165, 1.54) is 0 Å². The molecule has 2 aromatic carbocycles. The molecule has 0 aliphatic heterocycles. The molecule has 0 heterocycles. The van der Waals surface area contributed by atoms with E-state index in [0.29, 0.717) is 36.0 Å². The van der Waals surface area contributed by atoms with Crippen molar-refractivity contribution in [1.82, 2.24) is 4.90 Å². The summed E-state index contributed by atoms with van der Waals surface area (Å²) in [5.74, 6) is 2.15. The summed E-state index contributed by atoms with van der Waals surface area (Å²) < 4.78 is 21.6. The lowest BCUT2D eigenvalue weighted by molar-refractivity contribution is -0.143. The fraction of sp³-hybridized carbons (Fsp3) is 0.500. The van der Waals surface area contributed by atoms with Crippen LogP contribution in [-0.4, -0.2) is 52.8 Å². The second-order valence-electron chi connectivity index (χ2n) is 9.44. The monoisotopic (exact) mass is 482 g/mol. The number of nitrogens with zero attached hydrogens (tertiary/aromatic N) is 2. The fourth-order valence-corrected chi connectivity index (χ4v) is 4.91. The van der Waals surface area contributed by atoms with Gasteiger partial charge in [-0.2, -0.15) is 5.26 Å². The summed E-state index contributed by atoms with van der Waals surface area (Å²) in [6, 6.07) is 13.7. The number of likely N-dealkylation sites (N-methyl/N-ethyl adjacent to an activating group) is 1. The normalized spacial score (nSPS) is 12.9. The van der Waals surface area contributed by atoms with E-state index in [0.717, 1.165) is 11.1 Å². The fourth-order valence-electron chi connectivity index (χ4n) is 4.91. The summed E-state index contributed by atoms with van der Waals surface area (Å²) in [5, 5.41) is 10.6. The molecule has 0 aromatic heterocycles. The average Bonchev–Trinajstić information content (AvgIpc) is 2.86. The van der Waals surface area contributed by atoms with Gasteiger partial charge in [-0.05, 0) is 61.6 Å². The van der Waals surface area contributed by atoms with Crippen molar-refractivity contribution in [2.45, 2.75) is 39.5 Å². The first kappa shape index (κ1) is 27.8. The Bertz CT molecular complexity index is 1070. The number of amides is 1. The Morgan fingerprint density at radius 2 is 1.43 bits per heavy atom. The van der Waals surface area contributed by atoms with Crippen LogP contribution in [0.15, 0.2) is 36.4 Å². The molecule has 0 radical (unpaired) electrons. The Morgan fingerprint density at radius 1 is 0.914 bits per heavy atom. The standard InChI is InChI=1S/C28H38N2O5/c1-19(2)28(18-29,21-11-13-23(33-7)25(17-21)35-9)27(3,4)26(31)30(5)15-14-20-10-12-22(32-6)24(16-20)34-8/h10-13,16-17,19H,14-15H2,1-9H3. The molecule has 7 heteroatoms. The molecule has 7 nitrogen and oxygen atoms in total. The van der Waals surface area contributed by atoms with E-state index >= 15 is 0 Å². The Balaban J connectivity index is 2.38. The van der Waals surface area contributed by atoms with Crippen LogP contribution >= 0.6 is 0 Å². The Morgan fingerprint density at radius 3 is 1.91 bits per heavy atom. The number of carbonyl (C=O) groups is 1. The van der Waals surface area contributed by atoms with Crippen molar-refractivity contribution in [1.29, 1.82) is 5.26 Å². The Labute approximate surface area is 209 Å². The van der Waals surface area contributed by atoms with Crippen LogP contribution in [0.1, 0.15) is 38.8 Å². The Kier molecular flexibility index (Phi) is 9.03. The zero-order valence-corrected chi connectivity index (χ0v) is 22.4. The Hall–Kier alpha value is -3.40. The van der Waals surface area contributed by atoms with Gasteiger partial charge in [0.05, 0.1) is 45.3 Å². The number of benzene rings is 2. The molecule has 0 spiro atoms. The molecule has 0 N–H and O–H groups in total. The summed E-state index contributed by atoms with van der Waals surface area (Å²) in [4.78, 5) is 15.5. The zero-order chi connectivity index (χ0) is 26.4. The third-order valence-electron chi connectivity index (χ3n) is 6.93. The topological polar surface area (TPSA) is 81.0 Å². The van der Waals surface area contributed by atoms with E-state index in [9.17, 15) is 10.1 Å². The van der Waals surface area contributed by atoms with Crippen molar-refractivity contribution in [2.24, 2.45) is 11.3 Å². The largest absolute Gasteiger partial charge is 0.493 e. The molecule has 190 valence electrons. The van der Waals surface area contributed by atoms with E-state index in [2.05, 4.69) is 6.07 Å². The minimum Gasteiger partial charge on any atom is -0.493 e. The summed E-state index contributed by atoms with van der Waals surface area (Å²) in [5.41, 5.74) is -0.377. The van der Waals surface area contributed by atoms with Crippen molar-refractivity contribution < 1.29 is 23.7 Å². The zero-order valence-electron chi connectivity index (χ0n) is 22.4. The van der Waals surface area contributed by atoms with Gasteiger partial charge in [0.15, 0.2) is 23.0 Å². The minimum absolute atomic E-state index is 0.108. The van der Waals surface area contributed by atoms with Crippen LogP contribution < -0.4 is 18.9 Å². The van der Waals surface area contributed by atoms with Crippen LogP contribution in [0, 0.1) is 22.7 Å². The van der Waals surface area contributed by atoms with Crippen molar-refractivity contribution in [3.63, 3.8) is 0 Å². The maximum absolute atomic E-state index is 13.8. The maximum atomic E-state index is 13.8. The van der Waals surface area contributed by atoms with Gasteiger partial charge in [0.1, 0.15) is 0 Å². The quantitative estimate of drug-likeness (QED) is 0.455. The highest BCUT2D eigenvalue weighted by molar-refractivity contribution is 5.85. The number of hydrogen-bond acceptors (Lipinski definition) is 6. The number of methoxy groups -OCH3 is 4. The van der Waals surface area contributed by atoms with Crippen molar-refractivity contribution >= 4 is 5.91 Å². The van der Waals surface area contributed by atoms with Crippen molar-refractivity contribution in [3.8, 4) is 29.1 Å². The van der Waals surface area contributed by atoms with Gasteiger partial charge in [0.25, 0.3) is 0 Å². The molecule has 1 amide bonds. The van der Waals surface area contributed by atoms with E-state index in [1.807, 2.05) is 52.0 Å². The predicted octanol–water partition coefficient (Wildman–Crippen LogP) is 4.87. The van der Waals surface area contributed by atoms with Gasteiger partial charge in [-0.1, -0.05) is 26.0 Å². The molecule has 0 saturated carbocycles. The SMILES string of the molecule is COc1ccc(CCN(C)C(=O)C(C)(C)C(C#N)(c2ccc(OC)c(OC)c2)C(C)C)cc1OC. The molecular weight excluding hydrogens is 444 g/mol. The van der Waals surface area contributed by atoms with Crippen LogP contribution in [0.5, 0.6) is 23.0 Å². The average molecular weight is 483 g/mol. The van der Waals surface area contributed by atoms with Crippen molar-refractivity contribution in [2.75, 3.05) is 42.0 Å². The lowest BCUT2D eigenvalue weighted by Crippen LogP contribution is -2.54. The first-order valence-electron chi connectivity index (χ1n) is 11.6. The number of rotatable bonds is 11. The molecule has 2 rings (SSSR count). The second kappa shape index (κ2) is 11.4. The smallest absolute Gasteiger partial charge is 0.229 e. The van der Waals surface area contributed by atoms with Crippen LogP contribution in [0.4, 0.5) is 0 Å². The number of nitriles is 1. The summed E-state index contributed by atoms with van der Waals surface area (Å²) in [6.07, 6.45) is 0.635. The van der Waals surface area contributed by atoms with E-state index in [-0.39, 0.29) is 11.8 Å². The molecular formula is C28H38N2O5. The highest BCUT2D eigenvalue weighted by atomic mass is 16.5. The van der Waals surface area contributed by atoms with Crippen LogP contribution in [0.3, 0.4) is 0 Å². The van der Waals surface area contributed by atoms with Crippen molar-refractivity contribution in [3.05, 3.63) is 47.5 Å². The predicted molar refractivity (Wildman–Crippen MR) is 136 cm³/mol. The number of hydrogen-bond donors (Lipinski definition) is 0. The van der Waals surface area contributed by atoms with Gasteiger partial charge >= 0.3 is 0 Å². The number of carbonyl (C=O) groups excluding carboxylic acids is 1. The molecule has 0 aliphatic rings. The highest BCUT2D eigenvalue weighted by Gasteiger charge is 2.54. The maximum Gasteiger partial charge on any atom is 0.229 e. The molecule has 0 aliphatic carbocycles. The van der Waals surface area contributed by atoms with Gasteiger partial charge in [-0.3, -0.25) is 4.79 Å². The second-order valence-corrected chi connectivity index (χ2v) is 9.44. The third-order valence-corrected chi connectivity index (χ3v) is 6.93. The lowest BCUT2D eigenvalue weighted by atomic mass is 9.56. The van der Waals surface area contributed by atoms with Gasteiger partial charge in [-0.15, -0.1) is 0 Å². The summed E-state index contributed by atoms with van der Waals surface area (Å²) in [7, 11) is 8.10. The molecule has 0 saturated heterocycles. The summed E-state index contributed by atoms with van der Waals surface area (Å²) in [6.45, 7) is 8.13.